The maximum atomic E-state index is 12.5. The minimum atomic E-state index is -0.555. The molecule has 3 rings (SSSR count). The maximum Gasteiger partial charge on any atom is 0.270 e. The highest BCUT2D eigenvalue weighted by Crippen LogP contribution is 2.16. The lowest BCUT2D eigenvalue weighted by atomic mass is 10.0. The molecular weight excluding hydrogens is 396 g/mol. The fourth-order valence-electron chi connectivity index (χ4n) is 3.55. The molecule has 31 heavy (non-hydrogen) atoms. The van der Waals surface area contributed by atoms with Crippen molar-refractivity contribution in [2.24, 2.45) is 0 Å². The Hall–Kier alpha value is -3.26. The number of carbonyl (C=O) groups is 2. The third-order valence-corrected chi connectivity index (χ3v) is 5.50. The van der Waals surface area contributed by atoms with E-state index in [1.54, 1.807) is 4.90 Å². The molecule has 2 aromatic rings. The number of amides is 2. The second-order valence-corrected chi connectivity index (χ2v) is 8.04. The quantitative estimate of drug-likeness (QED) is 0.545. The van der Waals surface area contributed by atoms with Crippen molar-refractivity contribution in [2.75, 3.05) is 32.7 Å². The van der Waals surface area contributed by atoms with Gasteiger partial charge in [-0.25, -0.2) is 0 Å². The summed E-state index contributed by atoms with van der Waals surface area (Å²) in [5, 5.41) is 13.4. The minimum absolute atomic E-state index is 0.127. The zero-order chi connectivity index (χ0) is 22.4. The van der Waals surface area contributed by atoms with E-state index < -0.39 is 10.8 Å². The largest absolute Gasteiger partial charge is 0.343 e. The molecule has 2 aromatic carbocycles. The van der Waals surface area contributed by atoms with Gasteiger partial charge in [0.2, 0.25) is 5.91 Å². The van der Waals surface area contributed by atoms with E-state index in [1.165, 1.54) is 35.4 Å². The molecule has 0 radical (unpaired) electrons. The fraction of sp³-hybridized carbons (Fsp3) is 0.391. The van der Waals surface area contributed by atoms with E-state index in [4.69, 9.17) is 0 Å². The van der Waals surface area contributed by atoms with Crippen LogP contribution in [0.3, 0.4) is 0 Å². The van der Waals surface area contributed by atoms with Gasteiger partial charge < -0.3 is 10.2 Å². The zero-order valence-corrected chi connectivity index (χ0v) is 17.9. The van der Waals surface area contributed by atoms with Crippen LogP contribution in [0.5, 0.6) is 0 Å². The first-order valence-corrected chi connectivity index (χ1v) is 10.4. The second-order valence-electron chi connectivity index (χ2n) is 8.04. The van der Waals surface area contributed by atoms with Crippen LogP contribution >= 0.6 is 0 Å². The summed E-state index contributed by atoms with van der Waals surface area (Å²) < 4.78 is 0. The Morgan fingerprint density at radius 2 is 1.74 bits per heavy atom. The topological polar surface area (TPSA) is 95.8 Å². The molecule has 0 bridgehead atoms. The van der Waals surface area contributed by atoms with Gasteiger partial charge in [0.05, 0.1) is 11.5 Å². The molecular formula is C23H28N4O4. The van der Waals surface area contributed by atoms with Crippen LogP contribution in [-0.4, -0.2) is 59.3 Å². The number of nitrogens with one attached hydrogen (secondary N) is 1. The first-order chi connectivity index (χ1) is 14.8. The molecule has 1 aliphatic heterocycles. The van der Waals surface area contributed by atoms with E-state index in [9.17, 15) is 19.7 Å². The van der Waals surface area contributed by atoms with E-state index in [2.05, 4.69) is 48.3 Å². The summed E-state index contributed by atoms with van der Waals surface area (Å²) in [5.74, 6) is -0.138. The van der Waals surface area contributed by atoms with Gasteiger partial charge in [0.15, 0.2) is 0 Å². The summed E-state index contributed by atoms with van der Waals surface area (Å²) in [5.41, 5.74) is 2.59. The van der Waals surface area contributed by atoms with Crippen LogP contribution in [0, 0.1) is 10.1 Å². The fourth-order valence-corrected chi connectivity index (χ4v) is 3.55. The number of nitrogens with zero attached hydrogens (tertiary/aromatic N) is 3. The summed E-state index contributed by atoms with van der Waals surface area (Å²) in [6, 6.07) is 14.1. The van der Waals surface area contributed by atoms with Crippen molar-refractivity contribution in [3.05, 3.63) is 75.3 Å². The highest BCUT2D eigenvalue weighted by Gasteiger charge is 2.22. The van der Waals surface area contributed by atoms with Crippen LogP contribution in [0.1, 0.15) is 41.3 Å². The Morgan fingerprint density at radius 1 is 1.06 bits per heavy atom. The molecule has 1 N–H and O–H groups in total. The molecule has 2 amide bonds. The van der Waals surface area contributed by atoms with E-state index in [0.717, 1.165) is 19.6 Å². The molecule has 164 valence electrons. The lowest BCUT2D eigenvalue weighted by Crippen LogP contribution is -2.50. The Morgan fingerprint density at radius 3 is 2.35 bits per heavy atom. The standard InChI is InChI=1S/C23H28N4O4/c1-17(2)19-8-6-18(7-9-19)16-25-10-12-26(13-11-25)22(28)15-24-23(29)20-4-3-5-21(14-20)27(30)31/h3-9,14,17H,10-13,15-16H2,1-2H3,(H,24,29). The predicted molar refractivity (Wildman–Crippen MR) is 118 cm³/mol. The third kappa shape index (κ3) is 6.11. The minimum Gasteiger partial charge on any atom is -0.343 e. The lowest BCUT2D eigenvalue weighted by molar-refractivity contribution is -0.384. The molecule has 1 fully saturated rings. The monoisotopic (exact) mass is 424 g/mol. The number of nitro groups is 1. The Kier molecular flexibility index (Phi) is 7.36. The van der Waals surface area contributed by atoms with E-state index >= 15 is 0 Å². The van der Waals surface area contributed by atoms with Crippen LogP contribution < -0.4 is 5.32 Å². The molecule has 1 aliphatic rings. The first kappa shape index (κ1) is 22.4. The summed E-state index contributed by atoms with van der Waals surface area (Å²) in [4.78, 5) is 39.0. The molecule has 0 unspecified atom stereocenters. The summed E-state index contributed by atoms with van der Waals surface area (Å²) in [6.07, 6.45) is 0. The van der Waals surface area contributed by atoms with Gasteiger partial charge in [-0.1, -0.05) is 44.2 Å². The van der Waals surface area contributed by atoms with Gasteiger partial charge in [-0.2, -0.15) is 0 Å². The molecule has 0 atom stereocenters. The van der Waals surface area contributed by atoms with Gasteiger partial charge in [0, 0.05) is 50.4 Å². The van der Waals surface area contributed by atoms with E-state index in [-0.39, 0.29) is 23.7 Å². The van der Waals surface area contributed by atoms with Crippen molar-refractivity contribution in [3.8, 4) is 0 Å². The number of non-ortho nitro benzene ring substituents is 1. The molecule has 0 saturated carbocycles. The van der Waals surface area contributed by atoms with Gasteiger partial charge in [-0.15, -0.1) is 0 Å². The SMILES string of the molecule is CC(C)c1ccc(CN2CCN(C(=O)CNC(=O)c3cccc([N+](=O)[O-])c3)CC2)cc1. The van der Waals surface area contributed by atoms with Crippen molar-refractivity contribution >= 4 is 17.5 Å². The number of piperazine rings is 1. The van der Waals surface area contributed by atoms with Crippen molar-refractivity contribution in [3.63, 3.8) is 0 Å². The lowest BCUT2D eigenvalue weighted by Gasteiger charge is -2.34. The number of nitro benzene ring substituents is 1. The molecule has 1 saturated heterocycles. The van der Waals surface area contributed by atoms with Crippen LogP contribution in [0.25, 0.3) is 0 Å². The summed E-state index contributed by atoms with van der Waals surface area (Å²) in [7, 11) is 0. The number of hydrogen-bond donors (Lipinski definition) is 1. The van der Waals surface area contributed by atoms with Gasteiger partial charge in [-0.05, 0) is 23.1 Å². The summed E-state index contributed by atoms with van der Waals surface area (Å²) in [6.45, 7) is 7.84. The highest BCUT2D eigenvalue weighted by atomic mass is 16.6. The van der Waals surface area contributed by atoms with E-state index in [1.807, 2.05) is 0 Å². The Bertz CT molecular complexity index is 935. The van der Waals surface area contributed by atoms with Gasteiger partial charge in [0.1, 0.15) is 0 Å². The maximum absolute atomic E-state index is 12.5. The second kappa shape index (κ2) is 10.2. The molecule has 0 aliphatic carbocycles. The average molecular weight is 425 g/mol. The van der Waals surface area contributed by atoms with Gasteiger partial charge >= 0.3 is 0 Å². The molecule has 8 heteroatoms. The average Bonchev–Trinajstić information content (AvgIpc) is 2.78. The van der Waals surface area contributed by atoms with Crippen molar-refractivity contribution in [1.82, 2.24) is 15.1 Å². The van der Waals surface area contributed by atoms with Crippen molar-refractivity contribution in [2.45, 2.75) is 26.3 Å². The number of hydrogen-bond acceptors (Lipinski definition) is 5. The summed E-state index contributed by atoms with van der Waals surface area (Å²) >= 11 is 0. The van der Waals surface area contributed by atoms with Gasteiger partial charge in [-0.3, -0.25) is 24.6 Å². The number of carbonyl (C=O) groups excluding carboxylic acids is 2. The van der Waals surface area contributed by atoms with Crippen molar-refractivity contribution in [1.29, 1.82) is 0 Å². The van der Waals surface area contributed by atoms with Crippen LogP contribution in [0.2, 0.25) is 0 Å². The Balaban J connectivity index is 1.44. The van der Waals surface area contributed by atoms with Gasteiger partial charge in [0.25, 0.3) is 11.6 Å². The normalized spacial score (nSPS) is 14.5. The van der Waals surface area contributed by atoms with Crippen molar-refractivity contribution < 1.29 is 14.5 Å². The molecule has 0 aromatic heterocycles. The smallest absolute Gasteiger partial charge is 0.270 e. The molecule has 0 spiro atoms. The van der Waals surface area contributed by atoms with Crippen LogP contribution in [-0.2, 0) is 11.3 Å². The molecule has 8 nitrogen and oxygen atoms in total. The Labute approximate surface area is 182 Å². The predicted octanol–water partition coefficient (Wildman–Crippen LogP) is 2.79. The number of rotatable bonds is 7. The zero-order valence-electron chi connectivity index (χ0n) is 17.9. The third-order valence-electron chi connectivity index (χ3n) is 5.50. The van der Waals surface area contributed by atoms with E-state index in [0.29, 0.717) is 19.0 Å². The van der Waals surface area contributed by atoms with Crippen LogP contribution in [0.15, 0.2) is 48.5 Å². The first-order valence-electron chi connectivity index (χ1n) is 10.4. The molecule has 1 heterocycles. The van der Waals surface area contributed by atoms with Crippen LogP contribution in [0.4, 0.5) is 5.69 Å². The number of benzene rings is 2. The highest BCUT2D eigenvalue weighted by molar-refractivity contribution is 5.96.